The quantitative estimate of drug-likeness (QED) is 0.479. The second-order valence-electron chi connectivity index (χ2n) is 5.95. The van der Waals surface area contributed by atoms with Crippen molar-refractivity contribution >= 4 is 23.6 Å². The van der Waals surface area contributed by atoms with Gasteiger partial charge >= 0.3 is 0 Å². The lowest BCUT2D eigenvalue weighted by Crippen LogP contribution is -2.51. The first-order valence-corrected chi connectivity index (χ1v) is 7.89. The number of piperazine rings is 1. The minimum absolute atomic E-state index is 0.0334. The Morgan fingerprint density at radius 3 is 2.29 bits per heavy atom. The molecule has 128 valence electrons. The van der Waals surface area contributed by atoms with Crippen molar-refractivity contribution in [1.82, 2.24) is 9.80 Å². The van der Waals surface area contributed by atoms with E-state index in [2.05, 4.69) is 0 Å². The number of nitro benzene ring substituents is 1. The van der Waals surface area contributed by atoms with Crippen molar-refractivity contribution in [3.8, 4) is 0 Å². The number of carbonyl (C=O) groups is 2. The number of amides is 2. The highest BCUT2D eigenvalue weighted by Gasteiger charge is 2.24. The molecule has 7 nitrogen and oxygen atoms in total. The summed E-state index contributed by atoms with van der Waals surface area (Å²) in [5.74, 6) is -0.159. The van der Waals surface area contributed by atoms with E-state index in [1.54, 1.807) is 28.0 Å². The topological polar surface area (TPSA) is 83.8 Å². The minimum Gasteiger partial charge on any atom is -0.339 e. The Hall–Kier alpha value is -2.70. The predicted molar refractivity (Wildman–Crippen MR) is 90.1 cm³/mol. The molecular formula is C17H21N3O4. The van der Waals surface area contributed by atoms with Crippen LogP contribution in [0, 0.1) is 16.0 Å². The maximum Gasteiger partial charge on any atom is 0.276 e. The van der Waals surface area contributed by atoms with Crippen LogP contribution in [0.1, 0.15) is 19.4 Å². The van der Waals surface area contributed by atoms with E-state index in [4.69, 9.17) is 0 Å². The molecule has 0 radical (unpaired) electrons. The lowest BCUT2D eigenvalue weighted by atomic mass is 10.1. The van der Waals surface area contributed by atoms with Gasteiger partial charge < -0.3 is 9.80 Å². The summed E-state index contributed by atoms with van der Waals surface area (Å²) in [5, 5.41) is 11.0. The fourth-order valence-electron chi connectivity index (χ4n) is 2.57. The molecule has 2 rings (SSSR count). The first-order chi connectivity index (χ1) is 11.4. The average Bonchev–Trinajstić information content (AvgIpc) is 2.59. The second kappa shape index (κ2) is 7.72. The Morgan fingerprint density at radius 1 is 1.12 bits per heavy atom. The van der Waals surface area contributed by atoms with Gasteiger partial charge in [0, 0.05) is 44.2 Å². The SMILES string of the molecule is CC(C)C(=O)N1CCN(C(=O)/C=C/c2ccccc2[N+](=O)[O-])CC1. The summed E-state index contributed by atoms with van der Waals surface area (Å²) >= 11 is 0. The molecule has 0 atom stereocenters. The number of rotatable bonds is 4. The smallest absolute Gasteiger partial charge is 0.276 e. The molecule has 1 aliphatic heterocycles. The van der Waals surface area contributed by atoms with Crippen molar-refractivity contribution in [1.29, 1.82) is 0 Å². The standard InChI is InChI=1S/C17H21N3O4/c1-13(2)17(22)19-11-9-18(10-12-19)16(21)8-7-14-5-3-4-6-15(14)20(23)24/h3-8,13H,9-12H2,1-2H3/b8-7+. The third kappa shape index (κ3) is 4.18. The lowest BCUT2D eigenvalue weighted by Gasteiger charge is -2.35. The first-order valence-electron chi connectivity index (χ1n) is 7.89. The van der Waals surface area contributed by atoms with E-state index >= 15 is 0 Å². The molecule has 0 saturated carbocycles. The van der Waals surface area contributed by atoms with Crippen LogP contribution in [-0.2, 0) is 9.59 Å². The molecule has 7 heteroatoms. The zero-order valence-electron chi connectivity index (χ0n) is 13.8. The van der Waals surface area contributed by atoms with Gasteiger partial charge in [0.15, 0.2) is 0 Å². The third-order valence-electron chi connectivity index (χ3n) is 3.94. The maximum atomic E-state index is 12.2. The molecule has 24 heavy (non-hydrogen) atoms. The summed E-state index contributed by atoms with van der Waals surface area (Å²) in [6.07, 6.45) is 2.81. The molecule has 0 aliphatic carbocycles. The highest BCUT2D eigenvalue weighted by Crippen LogP contribution is 2.19. The number of nitro groups is 1. The summed E-state index contributed by atoms with van der Waals surface area (Å²) in [7, 11) is 0. The summed E-state index contributed by atoms with van der Waals surface area (Å²) in [4.78, 5) is 38.1. The highest BCUT2D eigenvalue weighted by molar-refractivity contribution is 5.92. The molecule has 0 spiro atoms. The Kier molecular flexibility index (Phi) is 5.68. The van der Waals surface area contributed by atoms with Crippen LogP contribution in [0.5, 0.6) is 0 Å². The third-order valence-corrected chi connectivity index (χ3v) is 3.94. The van der Waals surface area contributed by atoms with Crippen LogP contribution in [0.4, 0.5) is 5.69 Å². The van der Waals surface area contributed by atoms with Gasteiger partial charge in [-0.3, -0.25) is 19.7 Å². The van der Waals surface area contributed by atoms with E-state index in [1.165, 1.54) is 18.2 Å². The van der Waals surface area contributed by atoms with Crippen LogP contribution in [0.15, 0.2) is 30.3 Å². The Labute approximate surface area is 140 Å². The van der Waals surface area contributed by atoms with Crippen molar-refractivity contribution in [2.45, 2.75) is 13.8 Å². The summed E-state index contributed by atoms with van der Waals surface area (Å²) in [5.41, 5.74) is 0.360. The minimum atomic E-state index is -0.472. The van der Waals surface area contributed by atoms with Gasteiger partial charge in [-0.1, -0.05) is 26.0 Å². The van der Waals surface area contributed by atoms with E-state index in [9.17, 15) is 19.7 Å². The number of nitrogens with zero attached hydrogens (tertiary/aromatic N) is 3. The summed E-state index contributed by atoms with van der Waals surface area (Å²) < 4.78 is 0. The van der Waals surface area contributed by atoms with Gasteiger partial charge in [-0.15, -0.1) is 0 Å². The molecule has 1 saturated heterocycles. The van der Waals surface area contributed by atoms with Gasteiger partial charge in [0.05, 0.1) is 10.5 Å². The zero-order chi connectivity index (χ0) is 17.7. The van der Waals surface area contributed by atoms with E-state index in [-0.39, 0.29) is 23.4 Å². The summed E-state index contributed by atoms with van der Waals surface area (Å²) in [6.45, 7) is 5.69. The van der Waals surface area contributed by atoms with Crippen molar-refractivity contribution in [2.24, 2.45) is 5.92 Å². The van der Waals surface area contributed by atoms with Crippen molar-refractivity contribution in [2.75, 3.05) is 26.2 Å². The van der Waals surface area contributed by atoms with Gasteiger partial charge in [-0.2, -0.15) is 0 Å². The zero-order valence-corrected chi connectivity index (χ0v) is 13.8. The predicted octanol–water partition coefficient (Wildman–Crippen LogP) is 1.93. The first kappa shape index (κ1) is 17.7. The molecule has 0 N–H and O–H groups in total. The van der Waals surface area contributed by atoms with Crippen LogP contribution in [0.25, 0.3) is 6.08 Å². The normalized spacial score (nSPS) is 15.1. The fraction of sp³-hybridized carbons (Fsp3) is 0.412. The Morgan fingerprint density at radius 2 is 1.71 bits per heavy atom. The van der Waals surface area contributed by atoms with Gasteiger partial charge in [-0.25, -0.2) is 0 Å². The number of para-hydroxylation sites is 1. The highest BCUT2D eigenvalue weighted by atomic mass is 16.6. The molecule has 0 bridgehead atoms. The molecule has 1 aromatic rings. The molecule has 2 amide bonds. The largest absolute Gasteiger partial charge is 0.339 e. The Balaban J connectivity index is 1.97. The number of hydrogen-bond donors (Lipinski definition) is 0. The van der Waals surface area contributed by atoms with Gasteiger partial charge in [-0.05, 0) is 12.1 Å². The van der Waals surface area contributed by atoms with Gasteiger partial charge in [0.25, 0.3) is 5.69 Å². The molecule has 0 unspecified atom stereocenters. The van der Waals surface area contributed by atoms with Crippen molar-refractivity contribution < 1.29 is 14.5 Å². The molecule has 1 aliphatic rings. The van der Waals surface area contributed by atoms with Crippen LogP contribution in [0.2, 0.25) is 0 Å². The van der Waals surface area contributed by atoms with Crippen LogP contribution in [-0.4, -0.2) is 52.7 Å². The van der Waals surface area contributed by atoms with E-state index in [0.717, 1.165) is 0 Å². The van der Waals surface area contributed by atoms with Crippen LogP contribution < -0.4 is 0 Å². The van der Waals surface area contributed by atoms with Crippen LogP contribution in [0.3, 0.4) is 0 Å². The maximum absolute atomic E-state index is 12.2. The van der Waals surface area contributed by atoms with E-state index < -0.39 is 4.92 Å². The lowest BCUT2D eigenvalue weighted by molar-refractivity contribution is -0.385. The van der Waals surface area contributed by atoms with Gasteiger partial charge in [0.1, 0.15) is 0 Å². The Bertz CT molecular complexity index is 662. The number of carbonyl (C=O) groups excluding carboxylic acids is 2. The van der Waals surface area contributed by atoms with Crippen LogP contribution >= 0.6 is 0 Å². The second-order valence-corrected chi connectivity index (χ2v) is 5.95. The molecular weight excluding hydrogens is 310 g/mol. The fourth-order valence-corrected chi connectivity index (χ4v) is 2.57. The average molecular weight is 331 g/mol. The number of hydrogen-bond acceptors (Lipinski definition) is 4. The molecule has 0 aromatic heterocycles. The van der Waals surface area contributed by atoms with Crippen molar-refractivity contribution in [3.05, 3.63) is 46.0 Å². The monoisotopic (exact) mass is 331 g/mol. The van der Waals surface area contributed by atoms with E-state index in [0.29, 0.717) is 31.7 Å². The van der Waals surface area contributed by atoms with E-state index in [1.807, 2.05) is 13.8 Å². The van der Waals surface area contributed by atoms with Gasteiger partial charge in [0.2, 0.25) is 11.8 Å². The number of benzene rings is 1. The summed E-state index contributed by atoms with van der Waals surface area (Å²) in [6, 6.07) is 6.28. The van der Waals surface area contributed by atoms with Crippen molar-refractivity contribution in [3.63, 3.8) is 0 Å². The molecule has 1 fully saturated rings. The molecule has 1 aromatic carbocycles. The molecule has 1 heterocycles.